The van der Waals surface area contributed by atoms with Crippen LogP contribution in [0.1, 0.15) is 12.1 Å². The number of para-hydroxylation sites is 2. The average molecular weight is 313 g/mol. The maximum Gasteiger partial charge on any atom is 0.224 e. The van der Waals surface area contributed by atoms with E-state index in [0.29, 0.717) is 6.42 Å². The number of carbonyl (C=O) groups is 1. The van der Waals surface area contributed by atoms with E-state index >= 15 is 0 Å². The Balaban J connectivity index is 1.63. The van der Waals surface area contributed by atoms with Gasteiger partial charge in [-0.3, -0.25) is 4.79 Å². The molecule has 5 heteroatoms. The molecule has 1 N–H and O–H groups in total. The monoisotopic (exact) mass is 313 g/mol. The molecule has 1 aliphatic heterocycles. The maximum atomic E-state index is 12.3. The lowest BCUT2D eigenvalue weighted by Crippen LogP contribution is -2.36. The number of morpholine rings is 1. The molecule has 1 aromatic carbocycles. The third kappa shape index (κ3) is 3.93. The first-order chi connectivity index (χ1) is 11.2. The first kappa shape index (κ1) is 15.6. The second kappa shape index (κ2) is 7.33. The molecule has 1 saturated heterocycles. The van der Waals surface area contributed by atoms with E-state index in [4.69, 9.17) is 4.74 Å². The smallest absolute Gasteiger partial charge is 0.224 e. The average Bonchev–Trinajstić information content (AvgIpc) is 2.99. The van der Waals surface area contributed by atoms with E-state index < -0.39 is 0 Å². The van der Waals surface area contributed by atoms with Gasteiger partial charge in [-0.2, -0.15) is 0 Å². The van der Waals surface area contributed by atoms with E-state index in [-0.39, 0.29) is 5.91 Å². The highest BCUT2D eigenvalue weighted by Crippen LogP contribution is 2.26. The molecule has 0 spiro atoms. The molecule has 1 aromatic heterocycles. The van der Waals surface area contributed by atoms with Crippen molar-refractivity contribution in [3.63, 3.8) is 0 Å². The SMILES string of the molecule is Cn1cccc1CCC(=O)Nc1ccccc1N1CCOCC1. The number of amides is 1. The zero-order valence-corrected chi connectivity index (χ0v) is 13.5. The molecule has 3 rings (SSSR count). The lowest BCUT2D eigenvalue weighted by Gasteiger charge is -2.30. The molecule has 0 atom stereocenters. The van der Waals surface area contributed by atoms with E-state index in [9.17, 15) is 4.79 Å². The Morgan fingerprint density at radius 2 is 1.96 bits per heavy atom. The number of aryl methyl sites for hydroxylation is 2. The molecule has 5 nitrogen and oxygen atoms in total. The van der Waals surface area contributed by atoms with Crippen molar-refractivity contribution < 1.29 is 9.53 Å². The Morgan fingerprint density at radius 1 is 1.17 bits per heavy atom. The van der Waals surface area contributed by atoms with E-state index in [2.05, 4.69) is 26.9 Å². The summed E-state index contributed by atoms with van der Waals surface area (Å²) < 4.78 is 7.45. The molecule has 1 fully saturated rings. The highest BCUT2D eigenvalue weighted by atomic mass is 16.5. The van der Waals surface area contributed by atoms with Gasteiger partial charge in [-0.05, 0) is 30.7 Å². The molecule has 0 bridgehead atoms. The topological polar surface area (TPSA) is 46.5 Å². The minimum absolute atomic E-state index is 0.0481. The van der Waals surface area contributed by atoms with Crippen molar-refractivity contribution in [1.29, 1.82) is 0 Å². The van der Waals surface area contributed by atoms with Gasteiger partial charge in [0.2, 0.25) is 5.91 Å². The lowest BCUT2D eigenvalue weighted by atomic mass is 10.2. The van der Waals surface area contributed by atoms with Crippen molar-refractivity contribution in [2.45, 2.75) is 12.8 Å². The summed E-state index contributed by atoms with van der Waals surface area (Å²) in [6.45, 7) is 3.18. The third-order valence-corrected chi connectivity index (χ3v) is 4.19. The summed E-state index contributed by atoms with van der Waals surface area (Å²) in [6, 6.07) is 12.0. The van der Waals surface area contributed by atoms with E-state index in [1.807, 2.05) is 37.5 Å². The van der Waals surface area contributed by atoms with Crippen LogP contribution in [0.25, 0.3) is 0 Å². The summed E-state index contributed by atoms with van der Waals surface area (Å²) in [5, 5.41) is 3.06. The second-order valence-corrected chi connectivity index (χ2v) is 5.78. The first-order valence-corrected chi connectivity index (χ1v) is 8.06. The zero-order valence-electron chi connectivity index (χ0n) is 13.5. The van der Waals surface area contributed by atoms with Gasteiger partial charge >= 0.3 is 0 Å². The number of benzene rings is 1. The third-order valence-electron chi connectivity index (χ3n) is 4.19. The van der Waals surface area contributed by atoms with E-state index in [0.717, 1.165) is 44.1 Å². The summed E-state index contributed by atoms with van der Waals surface area (Å²) in [4.78, 5) is 14.6. The summed E-state index contributed by atoms with van der Waals surface area (Å²) >= 11 is 0. The fraction of sp³-hybridized carbons (Fsp3) is 0.389. The summed E-state index contributed by atoms with van der Waals surface area (Å²) in [6.07, 6.45) is 3.23. The molecule has 0 unspecified atom stereocenters. The van der Waals surface area contributed by atoms with Crippen LogP contribution < -0.4 is 10.2 Å². The minimum atomic E-state index is 0.0481. The van der Waals surface area contributed by atoms with Crippen molar-refractivity contribution in [1.82, 2.24) is 4.57 Å². The number of carbonyl (C=O) groups excluding carboxylic acids is 1. The summed E-state index contributed by atoms with van der Waals surface area (Å²) in [5.74, 6) is 0.0481. The fourth-order valence-electron chi connectivity index (χ4n) is 2.87. The summed E-state index contributed by atoms with van der Waals surface area (Å²) in [5.41, 5.74) is 3.12. The van der Waals surface area contributed by atoms with Crippen LogP contribution in [-0.2, 0) is 23.0 Å². The Hall–Kier alpha value is -2.27. The number of ether oxygens (including phenoxy) is 1. The van der Waals surface area contributed by atoms with E-state index in [1.165, 1.54) is 5.69 Å². The van der Waals surface area contributed by atoms with Gasteiger partial charge in [-0.1, -0.05) is 12.1 Å². The van der Waals surface area contributed by atoms with E-state index in [1.54, 1.807) is 0 Å². The fourth-order valence-corrected chi connectivity index (χ4v) is 2.87. The van der Waals surface area contributed by atoms with Crippen LogP contribution in [-0.4, -0.2) is 36.8 Å². The molecule has 122 valence electrons. The molecule has 0 radical (unpaired) electrons. The molecule has 2 heterocycles. The highest BCUT2D eigenvalue weighted by Gasteiger charge is 2.15. The zero-order chi connectivity index (χ0) is 16.1. The van der Waals surface area contributed by atoms with Crippen LogP contribution in [0.2, 0.25) is 0 Å². The predicted octanol–water partition coefficient (Wildman–Crippen LogP) is 2.43. The Morgan fingerprint density at radius 3 is 2.70 bits per heavy atom. The van der Waals surface area contributed by atoms with Crippen LogP contribution in [0.4, 0.5) is 11.4 Å². The largest absolute Gasteiger partial charge is 0.378 e. The molecular weight excluding hydrogens is 290 g/mol. The minimum Gasteiger partial charge on any atom is -0.378 e. The lowest BCUT2D eigenvalue weighted by molar-refractivity contribution is -0.116. The normalized spacial score (nSPS) is 14.7. The van der Waals surface area contributed by atoms with Crippen molar-refractivity contribution >= 4 is 17.3 Å². The number of hydrogen-bond donors (Lipinski definition) is 1. The number of aromatic nitrogens is 1. The predicted molar refractivity (Wildman–Crippen MR) is 91.8 cm³/mol. The van der Waals surface area contributed by atoms with Crippen LogP contribution in [0.3, 0.4) is 0 Å². The first-order valence-electron chi connectivity index (χ1n) is 8.06. The quantitative estimate of drug-likeness (QED) is 0.922. The second-order valence-electron chi connectivity index (χ2n) is 5.78. The van der Waals surface area contributed by atoms with Gasteiger partial charge in [0.25, 0.3) is 0 Å². The number of rotatable bonds is 5. The molecule has 23 heavy (non-hydrogen) atoms. The maximum absolute atomic E-state index is 12.3. The van der Waals surface area contributed by atoms with Gasteiger partial charge in [0.05, 0.1) is 24.6 Å². The van der Waals surface area contributed by atoms with Gasteiger partial charge in [0.15, 0.2) is 0 Å². The van der Waals surface area contributed by atoms with Gasteiger partial charge < -0.3 is 19.5 Å². The van der Waals surface area contributed by atoms with Gasteiger partial charge in [0.1, 0.15) is 0 Å². The Labute approximate surface area is 136 Å². The standard InChI is InChI=1S/C18H23N3O2/c1-20-10-4-5-15(20)8-9-18(22)19-16-6-2-3-7-17(16)21-11-13-23-14-12-21/h2-7,10H,8-9,11-14H2,1H3,(H,19,22). The molecular formula is C18H23N3O2. The number of hydrogen-bond acceptors (Lipinski definition) is 3. The van der Waals surface area contributed by atoms with Crippen molar-refractivity contribution in [2.24, 2.45) is 7.05 Å². The number of nitrogens with one attached hydrogen (secondary N) is 1. The molecule has 2 aromatic rings. The van der Waals surface area contributed by atoms with Crippen molar-refractivity contribution in [3.05, 3.63) is 48.3 Å². The van der Waals surface area contributed by atoms with Crippen LogP contribution in [0, 0.1) is 0 Å². The molecule has 0 saturated carbocycles. The summed E-state index contributed by atoms with van der Waals surface area (Å²) in [7, 11) is 2.00. The Bertz CT molecular complexity index is 660. The number of anilines is 2. The number of nitrogens with zero attached hydrogens (tertiary/aromatic N) is 2. The molecule has 1 amide bonds. The van der Waals surface area contributed by atoms with Crippen molar-refractivity contribution in [2.75, 3.05) is 36.5 Å². The highest BCUT2D eigenvalue weighted by molar-refractivity contribution is 5.94. The molecule has 0 aliphatic carbocycles. The van der Waals surface area contributed by atoms with Gasteiger partial charge in [-0.15, -0.1) is 0 Å². The Kier molecular flexibility index (Phi) is 4.98. The van der Waals surface area contributed by atoms with Crippen LogP contribution in [0.15, 0.2) is 42.6 Å². The van der Waals surface area contributed by atoms with Crippen molar-refractivity contribution in [3.8, 4) is 0 Å². The van der Waals surface area contributed by atoms with Gasteiger partial charge in [-0.25, -0.2) is 0 Å². The van der Waals surface area contributed by atoms with Gasteiger partial charge in [0, 0.05) is 38.4 Å². The van der Waals surface area contributed by atoms with Crippen LogP contribution in [0.5, 0.6) is 0 Å². The van der Waals surface area contributed by atoms with Crippen LogP contribution >= 0.6 is 0 Å². The molecule has 1 aliphatic rings.